The molecule has 0 bridgehead atoms. The van der Waals surface area contributed by atoms with E-state index in [1.54, 1.807) is 13.8 Å². The molecule has 1 aliphatic rings. The summed E-state index contributed by atoms with van der Waals surface area (Å²) in [5.74, 6) is -2.42. The molecule has 148 valence electrons. The summed E-state index contributed by atoms with van der Waals surface area (Å²) >= 11 is 0. The lowest BCUT2D eigenvalue weighted by Gasteiger charge is -2.34. The molecule has 0 spiro atoms. The van der Waals surface area contributed by atoms with Crippen LogP contribution < -0.4 is 0 Å². The van der Waals surface area contributed by atoms with E-state index >= 15 is 0 Å². The highest BCUT2D eigenvalue weighted by Crippen LogP contribution is 2.37. The quantitative estimate of drug-likeness (QED) is 0.280. The van der Waals surface area contributed by atoms with Crippen molar-refractivity contribution < 1.29 is 39.8 Å². The van der Waals surface area contributed by atoms with E-state index in [4.69, 9.17) is 9.47 Å². The highest BCUT2D eigenvalue weighted by atomic mass is 16.6. The van der Waals surface area contributed by atoms with Crippen LogP contribution in [0.4, 0.5) is 0 Å². The van der Waals surface area contributed by atoms with Crippen LogP contribution in [0.2, 0.25) is 0 Å². The van der Waals surface area contributed by atoms with Gasteiger partial charge in [0.25, 0.3) is 0 Å². The monoisotopic (exact) mass is 364 g/mol. The Morgan fingerprint density at radius 2 is 1.64 bits per heavy atom. The summed E-state index contributed by atoms with van der Waals surface area (Å²) in [5.41, 5.74) is -1.24. The third-order valence-electron chi connectivity index (χ3n) is 4.86. The summed E-state index contributed by atoms with van der Waals surface area (Å²) in [6.45, 7) is 6.77. The maximum atomic E-state index is 11.8. The van der Waals surface area contributed by atoms with Crippen molar-refractivity contribution in [3.05, 3.63) is 0 Å². The molecule has 0 saturated heterocycles. The highest BCUT2D eigenvalue weighted by Gasteiger charge is 2.52. The fraction of sp³-hybridized carbons (Fsp3) is 0.941. The Kier molecular flexibility index (Phi) is 7.38. The van der Waals surface area contributed by atoms with Crippen molar-refractivity contribution in [3.63, 3.8) is 0 Å². The van der Waals surface area contributed by atoms with Gasteiger partial charge in [0.15, 0.2) is 6.29 Å². The topological polar surface area (TPSA) is 137 Å². The first-order valence-electron chi connectivity index (χ1n) is 8.41. The highest BCUT2D eigenvalue weighted by molar-refractivity contribution is 5.75. The normalized spacial score (nSPS) is 31.8. The molecule has 8 nitrogen and oxygen atoms in total. The van der Waals surface area contributed by atoms with Crippen LogP contribution >= 0.6 is 0 Å². The molecular weight excluding hydrogens is 332 g/mol. The van der Waals surface area contributed by atoms with Crippen LogP contribution in [-0.4, -0.2) is 76.4 Å². The molecule has 0 amide bonds. The van der Waals surface area contributed by atoms with Crippen LogP contribution in [0.3, 0.4) is 0 Å². The summed E-state index contributed by atoms with van der Waals surface area (Å²) < 4.78 is 10.2. The van der Waals surface area contributed by atoms with Gasteiger partial charge in [-0.2, -0.15) is 0 Å². The van der Waals surface area contributed by atoms with Crippen LogP contribution in [0, 0.1) is 22.7 Å². The van der Waals surface area contributed by atoms with Crippen molar-refractivity contribution in [1.82, 2.24) is 0 Å². The minimum Gasteiger partial charge on any atom is -0.469 e. The number of ether oxygens (including phenoxy) is 2. The summed E-state index contributed by atoms with van der Waals surface area (Å²) in [5, 5.41) is 49.3. The van der Waals surface area contributed by atoms with Gasteiger partial charge in [0.1, 0.15) is 0 Å². The van der Waals surface area contributed by atoms with E-state index in [1.165, 1.54) is 7.11 Å². The standard InChI is InChI=1S/C17H32O8/c1-16(2,7-17(3,4)15(23)24-5)8-25-14(22)10-11(19)9(6-18)12(20)13(10)21/h9-14,18-22H,6-8H2,1-5H3. The van der Waals surface area contributed by atoms with Crippen molar-refractivity contribution in [3.8, 4) is 0 Å². The number of rotatable bonds is 8. The maximum absolute atomic E-state index is 11.8. The van der Waals surface area contributed by atoms with Crippen molar-refractivity contribution >= 4 is 5.97 Å². The molecule has 0 aliphatic heterocycles. The van der Waals surface area contributed by atoms with E-state index in [9.17, 15) is 30.3 Å². The first-order chi connectivity index (χ1) is 11.4. The van der Waals surface area contributed by atoms with Gasteiger partial charge in [-0.05, 0) is 25.7 Å². The number of esters is 1. The second-order valence-corrected chi connectivity index (χ2v) is 8.31. The summed E-state index contributed by atoms with van der Waals surface area (Å²) in [6, 6.07) is 0. The van der Waals surface area contributed by atoms with E-state index in [0.717, 1.165) is 0 Å². The Balaban J connectivity index is 2.69. The van der Waals surface area contributed by atoms with E-state index < -0.39 is 53.9 Å². The molecule has 0 aromatic carbocycles. The number of aliphatic hydroxyl groups excluding tert-OH is 5. The van der Waals surface area contributed by atoms with Gasteiger partial charge >= 0.3 is 5.97 Å². The van der Waals surface area contributed by atoms with Gasteiger partial charge in [0.2, 0.25) is 0 Å². The molecule has 0 aromatic heterocycles. The molecule has 0 heterocycles. The summed E-state index contributed by atoms with van der Waals surface area (Å²) in [7, 11) is 1.32. The third kappa shape index (κ3) is 5.12. The predicted octanol–water partition coefficient (Wildman–Crippen LogP) is -0.742. The lowest BCUT2D eigenvalue weighted by atomic mass is 9.75. The number of methoxy groups -OCH3 is 1. The molecule has 0 aromatic rings. The first kappa shape index (κ1) is 22.3. The smallest absolute Gasteiger partial charge is 0.311 e. The van der Waals surface area contributed by atoms with Crippen LogP contribution in [0.15, 0.2) is 0 Å². The zero-order valence-corrected chi connectivity index (χ0v) is 15.5. The summed E-state index contributed by atoms with van der Waals surface area (Å²) in [6.07, 6.45) is -5.13. The second-order valence-electron chi connectivity index (χ2n) is 8.31. The van der Waals surface area contributed by atoms with Crippen molar-refractivity contribution in [2.75, 3.05) is 20.3 Å². The average molecular weight is 364 g/mol. The zero-order valence-electron chi connectivity index (χ0n) is 15.5. The van der Waals surface area contributed by atoms with Gasteiger partial charge in [-0.3, -0.25) is 4.79 Å². The molecule has 8 heteroatoms. The van der Waals surface area contributed by atoms with Crippen molar-refractivity contribution in [1.29, 1.82) is 0 Å². The van der Waals surface area contributed by atoms with Crippen LogP contribution in [-0.2, 0) is 14.3 Å². The first-order valence-corrected chi connectivity index (χ1v) is 8.41. The fourth-order valence-electron chi connectivity index (χ4n) is 3.74. The minimum atomic E-state index is -1.52. The Bertz CT molecular complexity index is 450. The number of aliphatic hydroxyl groups is 5. The molecule has 1 saturated carbocycles. The number of hydrogen-bond donors (Lipinski definition) is 5. The molecule has 1 fully saturated rings. The van der Waals surface area contributed by atoms with E-state index in [2.05, 4.69) is 0 Å². The molecule has 5 N–H and O–H groups in total. The van der Waals surface area contributed by atoms with Gasteiger partial charge in [0, 0.05) is 5.92 Å². The lowest BCUT2D eigenvalue weighted by molar-refractivity contribution is -0.191. The van der Waals surface area contributed by atoms with Gasteiger partial charge in [-0.1, -0.05) is 13.8 Å². The maximum Gasteiger partial charge on any atom is 0.311 e. The molecule has 25 heavy (non-hydrogen) atoms. The Labute approximate surface area is 148 Å². The Morgan fingerprint density at radius 1 is 1.08 bits per heavy atom. The largest absolute Gasteiger partial charge is 0.469 e. The molecular formula is C17H32O8. The lowest BCUT2D eigenvalue weighted by Crippen LogP contribution is -2.41. The fourth-order valence-corrected chi connectivity index (χ4v) is 3.74. The Morgan fingerprint density at radius 3 is 2.08 bits per heavy atom. The van der Waals surface area contributed by atoms with Crippen molar-refractivity contribution in [2.24, 2.45) is 22.7 Å². The van der Waals surface area contributed by atoms with Crippen molar-refractivity contribution in [2.45, 2.75) is 58.7 Å². The van der Waals surface area contributed by atoms with E-state index in [-0.39, 0.29) is 12.6 Å². The van der Waals surface area contributed by atoms with Crippen LogP contribution in [0.1, 0.15) is 34.1 Å². The second kappa shape index (κ2) is 8.28. The summed E-state index contributed by atoms with van der Waals surface area (Å²) in [4.78, 5) is 11.8. The van der Waals surface area contributed by atoms with Gasteiger partial charge in [0.05, 0.1) is 50.0 Å². The molecule has 6 unspecified atom stereocenters. The number of hydrogen-bond acceptors (Lipinski definition) is 8. The molecule has 0 radical (unpaired) electrons. The zero-order chi connectivity index (χ0) is 19.6. The van der Waals surface area contributed by atoms with Crippen LogP contribution in [0.25, 0.3) is 0 Å². The molecule has 1 aliphatic carbocycles. The number of carbonyl (C=O) groups is 1. The minimum absolute atomic E-state index is 0.0599. The van der Waals surface area contributed by atoms with Gasteiger partial charge in [-0.25, -0.2) is 0 Å². The average Bonchev–Trinajstić information content (AvgIpc) is 2.72. The van der Waals surface area contributed by atoms with E-state index in [0.29, 0.717) is 6.42 Å². The number of carbonyl (C=O) groups excluding carboxylic acids is 1. The van der Waals surface area contributed by atoms with E-state index in [1.807, 2.05) is 13.8 Å². The Hall–Kier alpha value is -0.770. The predicted molar refractivity (Wildman–Crippen MR) is 88.2 cm³/mol. The molecule has 6 atom stereocenters. The van der Waals surface area contributed by atoms with Gasteiger partial charge < -0.3 is 35.0 Å². The van der Waals surface area contributed by atoms with Gasteiger partial charge in [-0.15, -0.1) is 0 Å². The SMILES string of the molecule is COC(=O)C(C)(C)CC(C)(C)COC(O)C1C(O)C(O)C(CO)C1O. The third-order valence-corrected chi connectivity index (χ3v) is 4.86. The van der Waals surface area contributed by atoms with Crippen LogP contribution in [0.5, 0.6) is 0 Å². The molecule has 1 rings (SSSR count).